The number of phenolic OH excluding ortho intramolecular Hbond substituents is 1. The summed E-state index contributed by atoms with van der Waals surface area (Å²) in [5, 5.41) is 35.9. The van der Waals surface area contributed by atoms with Gasteiger partial charge >= 0.3 is 6.03 Å². The van der Waals surface area contributed by atoms with E-state index in [1.165, 1.54) is 0 Å². The van der Waals surface area contributed by atoms with E-state index in [1.54, 1.807) is 24.3 Å². The van der Waals surface area contributed by atoms with Crippen molar-refractivity contribution in [1.82, 2.24) is 15.5 Å². The number of likely N-dealkylation sites (N-methyl/N-ethyl adjacent to an activating group) is 1. The summed E-state index contributed by atoms with van der Waals surface area (Å²) in [7, 11) is 1.95. The molecule has 0 radical (unpaired) electrons. The molecule has 5 rings (SSSR count). The van der Waals surface area contributed by atoms with Crippen LogP contribution in [0.1, 0.15) is 60.2 Å². The van der Waals surface area contributed by atoms with Gasteiger partial charge in [-0.15, -0.1) is 0 Å². The van der Waals surface area contributed by atoms with Crippen LogP contribution in [-0.2, 0) is 22.6 Å². The average Bonchev–Trinajstić information content (AvgIpc) is 3.08. The van der Waals surface area contributed by atoms with Gasteiger partial charge in [-0.3, -0.25) is 0 Å². The van der Waals surface area contributed by atoms with Gasteiger partial charge in [0.15, 0.2) is 6.29 Å². The summed E-state index contributed by atoms with van der Waals surface area (Å²) < 4.78 is 13.3. The van der Waals surface area contributed by atoms with Gasteiger partial charge in [-0.25, -0.2) is 4.79 Å². The highest BCUT2D eigenvalue weighted by atomic mass is 16.7. The number of aromatic hydroxyl groups is 1. The van der Waals surface area contributed by atoms with Crippen LogP contribution < -0.4 is 10.6 Å². The summed E-state index contributed by atoms with van der Waals surface area (Å²) in [6, 6.07) is 30.6. The Morgan fingerprint density at radius 2 is 1.60 bits per heavy atom. The lowest BCUT2D eigenvalue weighted by Gasteiger charge is -2.42. The van der Waals surface area contributed by atoms with E-state index < -0.39 is 12.4 Å². The van der Waals surface area contributed by atoms with Crippen molar-refractivity contribution in [3.63, 3.8) is 0 Å². The van der Waals surface area contributed by atoms with Crippen LogP contribution in [-0.4, -0.2) is 59.0 Å². The smallest absolute Gasteiger partial charge is 0.315 e. The van der Waals surface area contributed by atoms with Crippen LogP contribution in [0, 0.1) is 5.92 Å². The van der Waals surface area contributed by atoms with E-state index in [-0.39, 0.29) is 36.5 Å². The van der Waals surface area contributed by atoms with Crippen molar-refractivity contribution in [3.8, 4) is 16.9 Å². The van der Waals surface area contributed by atoms with Gasteiger partial charge in [0.1, 0.15) is 5.75 Å². The SMILES string of the molecule is CCNC(=O)NCc1cccc(-c2ccc([C@H]3O[C@@H](CN(C)C[C@@H](O)c4cccc(O)c4)[C@@H](C)[C@@H](c4ccc(CO)cc4)O3)cc2)c1. The Balaban J connectivity index is 1.33. The van der Waals surface area contributed by atoms with Crippen molar-refractivity contribution in [3.05, 3.63) is 125 Å². The quantitative estimate of drug-likeness (QED) is 0.132. The molecule has 1 aliphatic rings. The first kappa shape index (κ1) is 34.1. The molecule has 0 saturated carbocycles. The Bertz CT molecular complexity index is 1600. The van der Waals surface area contributed by atoms with Gasteiger partial charge in [0.25, 0.3) is 0 Å². The summed E-state index contributed by atoms with van der Waals surface area (Å²) in [6.07, 6.45) is -1.86. The number of aliphatic hydroxyl groups is 2. The fourth-order valence-corrected chi connectivity index (χ4v) is 5.94. The molecule has 5 N–H and O–H groups in total. The van der Waals surface area contributed by atoms with Crippen LogP contribution in [0.15, 0.2) is 97.1 Å². The number of phenols is 1. The largest absolute Gasteiger partial charge is 0.508 e. The van der Waals surface area contributed by atoms with E-state index in [9.17, 15) is 20.1 Å². The van der Waals surface area contributed by atoms with Crippen LogP contribution in [0.4, 0.5) is 4.79 Å². The number of hydrogen-bond acceptors (Lipinski definition) is 7. The second-order valence-corrected chi connectivity index (χ2v) is 12.2. The predicted molar refractivity (Wildman–Crippen MR) is 181 cm³/mol. The van der Waals surface area contributed by atoms with E-state index in [1.807, 2.05) is 85.6 Å². The lowest BCUT2D eigenvalue weighted by Crippen LogP contribution is -2.44. The summed E-state index contributed by atoms with van der Waals surface area (Å²) >= 11 is 0. The van der Waals surface area contributed by atoms with Crippen LogP contribution in [0.5, 0.6) is 5.75 Å². The Labute approximate surface area is 276 Å². The number of benzene rings is 4. The third-order valence-corrected chi connectivity index (χ3v) is 8.59. The molecule has 248 valence electrons. The Morgan fingerprint density at radius 3 is 2.30 bits per heavy atom. The molecule has 1 heterocycles. The number of urea groups is 1. The van der Waals surface area contributed by atoms with Gasteiger partial charge in [0.05, 0.1) is 24.9 Å². The minimum atomic E-state index is -0.768. The number of nitrogens with one attached hydrogen (secondary N) is 2. The monoisotopic (exact) mass is 639 g/mol. The number of rotatable bonds is 12. The molecule has 9 heteroatoms. The number of carbonyl (C=O) groups excluding carboxylic acids is 1. The second kappa shape index (κ2) is 16.0. The Morgan fingerprint density at radius 1 is 0.872 bits per heavy atom. The highest BCUT2D eigenvalue weighted by molar-refractivity contribution is 5.74. The first-order valence-electron chi connectivity index (χ1n) is 16.1. The zero-order valence-corrected chi connectivity index (χ0v) is 27.2. The molecule has 0 aromatic heterocycles. The minimum absolute atomic E-state index is 0.0124. The molecule has 0 aliphatic carbocycles. The van der Waals surface area contributed by atoms with Crippen LogP contribution in [0.3, 0.4) is 0 Å². The van der Waals surface area contributed by atoms with Crippen LogP contribution in [0.2, 0.25) is 0 Å². The maximum absolute atomic E-state index is 11.8. The highest BCUT2D eigenvalue weighted by Gasteiger charge is 2.39. The standard InChI is InChI=1S/C38H45N3O6/c1-4-39-38(45)40-21-27-7-5-8-31(19-27)28-15-17-30(18-16-28)37-46-35(23-41(3)22-34(44)32-9-6-10-33(43)20-32)25(2)36(47-37)29-13-11-26(24-42)12-14-29/h5-20,25,34-37,42-44H,4,21-24H2,1-3H3,(H2,39,40,45)/t25-,34-,35+,36+,37+/m1/s1. The number of amides is 2. The van der Waals surface area contributed by atoms with E-state index in [0.29, 0.717) is 31.7 Å². The molecule has 1 saturated heterocycles. The average molecular weight is 640 g/mol. The molecule has 4 aromatic carbocycles. The third-order valence-electron chi connectivity index (χ3n) is 8.59. The molecule has 0 spiro atoms. The lowest BCUT2D eigenvalue weighted by atomic mass is 9.90. The minimum Gasteiger partial charge on any atom is -0.508 e. The molecular weight excluding hydrogens is 594 g/mol. The summed E-state index contributed by atoms with van der Waals surface area (Å²) in [5.41, 5.74) is 6.46. The molecule has 4 aromatic rings. The fraction of sp³-hybridized carbons (Fsp3) is 0.342. The van der Waals surface area contributed by atoms with Crippen molar-refractivity contribution >= 4 is 6.03 Å². The maximum atomic E-state index is 11.8. The van der Waals surface area contributed by atoms with Gasteiger partial charge in [-0.1, -0.05) is 85.8 Å². The van der Waals surface area contributed by atoms with Crippen LogP contribution >= 0.6 is 0 Å². The number of ether oxygens (including phenoxy) is 2. The number of hydrogen-bond donors (Lipinski definition) is 5. The summed E-state index contributed by atoms with van der Waals surface area (Å²) in [5.74, 6) is 0.109. The van der Waals surface area contributed by atoms with Gasteiger partial charge in [-0.2, -0.15) is 0 Å². The molecular formula is C38H45N3O6. The molecule has 0 bridgehead atoms. The number of aliphatic hydroxyl groups excluding tert-OH is 2. The zero-order valence-electron chi connectivity index (χ0n) is 27.2. The van der Waals surface area contributed by atoms with E-state index in [0.717, 1.165) is 33.4 Å². The van der Waals surface area contributed by atoms with Crippen molar-refractivity contribution in [2.75, 3.05) is 26.7 Å². The van der Waals surface area contributed by atoms with E-state index in [2.05, 4.69) is 23.6 Å². The molecule has 5 atom stereocenters. The second-order valence-electron chi connectivity index (χ2n) is 12.2. The van der Waals surface area contributed by atoms with E-state index in [4.69, 9.17) is 9.47 Å². The zero-order chi connectivity index (χ0) is 33.3. The Hall–Kier alpha value is -4.25. The number of carbonyl (C=O) groups is 1. The molecule has 47 heavy (non-hydrogen) atoms. The number of nitrogens with zero attached hydrogens (tertiary/aromatic N) is 1. The fourth-order valence-electron chi connectivity index (χ4n) is 5.94. The first-order valence-corrected chi connectivity index (χ1v) is 16.1. The van der Waals surface area contributed by atoms with Crippen molar-refractivity contribution in [2.45, 2.75) is 51.6 Å². The van der Waals surface area contributed by atoms with E-state index >= 15 is 0 Å². The highest BCUT2D eigenvalue weighted by Crippen LogP contribution is 2.42. The topological polar surface area (TPSA) is 124 Å². The van der Waals surface area contributed by atoms with Crippen molar-refractivity contribution < 1.29 is 29.6 Å². The normalized spacial score (nSPS) is 20.1. The summed E-state index contributed by atoms with van der Waals surface area (Å²) in [6.45, 7) is 5.89. The van der Waals surface area contributed by atoms with Gasteiger partial charge in [-0.05, 0) is 65.6 Å². The van der Waals surface area contributed by atoms with Gasteiger partial charge in [0, 0.05) is 37.7 Å². The molecule has 1 fully saturated rings. The molecule has 2 amide bonds. The lowest BCUT2D eigenvalue weighted by molar-refractivity contribution is -0.276. The summed E-state index contributed by atoms with van der Waals surface area (Å²) in [4.78, 5) is 13.9. The molecule has 0 unspecified atom stereocenters. The first-order chi connectivity index (χ1) is 22.7. The van der Waals surface area contributed by atoms with Crippen molar-refractivity contribution in [2.24, 2.45) is 5.92 Å². The maximum Gasteiger partial charge on any atom is 0.315 e. The van der Waals surface area contributed by atoms with Crippen LogP contribution in [0.25, 0.3) is 11.1 Å². The third kappa shape index (κ3) is 8.97. The van der Waals surface area contributed by atoms with Crippen molar-refractivity contribution in [1.29, 1.82) is 0 Å². The predicted octanol–water partition coefficient (Wildman–Crippen LogP) is 5.83. The molecule has 9 nitrogen and oxygen atoms in total. The Kier molecular flexibility index (Phi) is 11.6. The van der Waals surface area contributed by atoms with Gasteiger partial charge in [0.2, 0.25) is 0 Å². The van der Waals surface area contributed by atoms with Gasteiger partial charge < -0.3 is 40.3 Å². The molecule has 1 aliphatic heterocycles.